The molecule has 1 fully saturated rings. The molecule has 4 rings (SSSR count). The largest absolute Gasteiger partial charge is 0.452 e. The molecule has 0 aliphatic carbocycles. The van der Waals surface area contributed by atoms with Crippen LogP contribution in [-0.4, -0.2) is 52.6 Å². The third-order valence-corrected chi connectivity index (χ3v) is 6.52. The molecule has 164 valence electrons. The molecule has 1 N–H and O–H groups in total. The smallest absolute Gasteiger partial charge is 0.294 e. The Hall–Kier alpha value is -3.05. The first-order valence-corrected chi connectivity index (χ1v) is 11.6. The number of nitrogens with zero attached hydrogens (tertiary/aromatic N) is 4. The zero-order chi connectivity index (χ0) is 22.2. The monoisotopic (exact) mass is 447 g/mol. The molecule has 0 bridgehead atoms. The normalized spacial score (nSPS) is 15.8. The molecule has 31 heavy (non-hydrogen) atoms. The van der Waals surface area contributed by atoms with Gasteiger partial charge >= 0.3 is 0 Å². The van der Waals surface area contributed by atoms with Gasteiger partial charge in [-0.05, 0) is 43.2 Å². The molecule has 0 amide bonds. The van der Waals surface area contributed by atoms with Crippen molar-refractivity contribution in [3.63, 3.8) is 0 Å². The Morgan fingerprint density at radius 3 is 2.52 bits per heavy atom. The number of piperidine rings is 1. The number of hydrogen-bond donors (Lipinski definition) is 1. The first-order valence-electron chi connectivity index (χ1n) is 9.72. The minimum Gasteiger partial charge on any atom is -0.452 e. The van der Waals surface area contributed by atoms with E-state index in [-0.39, 0.29) is 17.4 Å². The maximum Gasteiger partial charge on any atom is 0.294 e. The number of ether oxygens (including phenoxy) is 1. The number of aryl methyl sites for hydroxylation is 1. The van der Waals surface area contributed by atoms with E-state index in [1.54, 1.807) is 19.3 Å². The number of anilines is 1. The van der Waals surface area contributed by atoms with E-state index < -0.39 is 15.8 Å². The van der Waals surface area contributed by atoms with E-state index in [9.17, 15) is 17.6 Å². The van der Waals surface area contributed by atoms with Crippen LogP contribution in [0.25, 0.3) is 11.0 Å². The fourth-order valence-electron chi connectivity index (χ4n) is 3.50. The molecule has 1 saturated heterocycles. The summed E-state index contributed by atoms with van der Waals surface area (Å²) in [7, 11) is -1.60. The lowest BCUT2D eigenvalue weighted by Crippen LogP contribution is -2.42. The average Bonchev–Trinajstić information content (AvgIpc) is 2.73. The van der Waals surface area contributed by atoms with Crippen LogP contribution in [0, 0.1) is 5.82 Å². The molecule has 0 atom stereocenters. The number of fused-ring (bicyclic) bond motifs is 1. The molecule has 11 heteroatoms. The number of pyridine rings is 1. The van der Waals surface area contributed by atoms with Crippen LogP contribution in [0.3, 0.4) is 0 Å². The highest BCUT2D eigenvalue weighted by Crippen LogP contribution is 2.23. The minimum atomic E-state index is -3.18. The standard InChI is InChI=1S/C20H22FN5O4S/c1-25-18-13(11-17(19(25)27)30-16-5-3-14(21)4-6-16)12-22-20(24-18)23-15-7-9-26(10-8-15)31(2,28)29/h3-6,11-12,15H,7-10H2,1-2H3,(H,22,23,24). The van der Waals surface area contributed by atoms with Crippen LogP contribution < -0.4 is 15.6 Å². The Morgan fingerprint density at radius 1 is 1.19 bits per heavy atom. The summed E-state index contributed by atoms with van der Waals surface area (Å²) in [4.78, 5) is 21.5. The van der Waals surface area contributed by atoms with Gasteiger partial charge in [-0.3, -0.25) is 9.36 Å². The van der Waals surface area contributed by atoms with Gasteiger partial charge in [-0.1, -0.05) is 0 Å². The summed E-state index contributed by atoms with van der Waals surface area (Å²) in [5.74, 6) is 0.401. The van der Waals surface area contributed by atoms with Crippen LogP contribution in [0.15, 0.2) is 41.3 Å². The summed E-state index contributed by atoms with van der Waals surface area (Å²) < 4.78 is 44.8. The van der Waals surface area contributed by atoms with E-state index in [4.69, 9.17) is 4.74 Å². The van der Waals surface area contributed by atoms with E-state index in [1.165, 1.54) is 39.4 Å². The summed E-state index contributed by atoms with van der Waals surface area (Å²) in [6.45, 7) is 0.874. The van der Waals surface area contributed by atoms with Gasteiger partial charge in [0.1, 0.15) is 17.2 Å². The Bertz CT molecular complexity index is 1270. The quantitative estimate of drug-likeness (QED) is 0.638. The van der Waals surface area contributed by atoms with Crippen molar-refractivity contribution >= 4 is 27.0 Å². The average molecular weight is 447 g/mol. The van der Waals surface area contributed by atoms with E-state index in [2.05, 4.69) is 15.3 Å². The highest BCUT2D eigenvalue weighted by Gasteiger charge is 2.25. The predicted octanol–water partition coefficient (Wildman–Crippen LogP) is 2.10. The molecule has 0 saturated carbocycles. The van der Waals surface area contributed by atoms with Crippen LogP contribution in [-0.2, 0) is 17.1 Å². The second kappa shape index (κ2) is 8.23. The van der Waals surface area contributed by atoms with Gasteiger partial charge in [0.05, 0.1) is 6.26 Å². The molecular formula is C20H22FN5O4S. The van der Waals surface area contributed by atoms with Gasteiger partial charge in [0.15, 0.2) is 5.75 Å². The van der Waals surface area contributed by atoms with Gasteiger partial charge in [0.2, 0.25) is 16.0 Å². The first-order chi connectivity index (χ1) is 14.7. The summed E-state index contributed by atoms with van der Waals surface area (Å²) in [6, 6.07) is 6.98. The second-order valence-electron chi connectivity index (χ2n) is 7.48. The lowest BCUT2D eigenvalue weighted by atomic mass is 10.1. The van der Waals surface area contributed by atoms with Crippen molar-refractivity contribution in [1.82, 2.24) is 18.8 Å². The van der Waals surface area contributed by atoms with E-state index in [1.807, 2.05) is 0 Å². The van der Waals surface area contributed by atoms with Crippen LogP contribution in [0.2, 0.25) is 0 Å². The summed E-state index contributed by atoms with van der Waals surface area (Å²) in [5, 5.41) is 3.83. The van der Waals surface area contributed by atoms with E-state index >= 15 is 0 Å². The van der Waals surface area contributed by atoms with Gasteiger partial charge < -0.3 is 10.1 Å². The zero-order valence-electron chi connectivity index (χ0n) is 17.1. The molecule has 1 aliphatic rings. The van der Waals surface area contributed by atoms with Gasteiger partial charge in [-0.2, -0.15) is 4.98 Å². The molecule has 0 unspecified atom stereocenters. The van der Waals surface area contributed by atoms with Crippen LogP contribution in [0.4, 0.5) is 10.3 Å². The molecule has 2 aromatic heterocycles. The molecule has 1 aliphatic heterocycles. The lowest BCUT2D eigenvalue weighted by Gasteiger charge is -2.30. The molecule has 9 nitrogen and oxygen atoms in total. The summed E-state index contributed by atoms with van der Waals surface area (Å²) >= 11 is 0. The second-order valence-corrected chi connectivity index (χ2v) is 9.46. The number of hydrogen-bond acceptors (Lipinski definition) is 7. The maximum atomic E-state index is 13.1. The predicted molar refractivity (Wildman–Crippen MR) is 114 cm³/mol. The molecular weight excluding hydrogens is 425 g/mol. The van der Waals surface area contributed by atoms with Crippen molar-refractivity contribution in [2.45, 2.75) is 18.9 Å². The number of sulfonamides is 1. The van der Waals surface area contributed by atoms with Gasteiger partial charge in [-0.25, -0.2) is 22.1 Å². The van der Waals surface area contributed by atoms with Crippen molar-refractivity contribution in [1.29, 1.82) is 0 Å². The zero-order valence-corrected chi connectivity index (χ0v) is 17.9. The van der Waals surface area contributed by atoms with Gasteiger partial charge in [0, 0.05) is 37.8 Å². The molecule has 1 aromatic carbocycles. The first kappa shape index (κ1) is 21.2. The molecule has 3 heterocycles. The van der Waals surface area contributed by atoms with E-state index in [0.29, 0.717) is 48.7 Å². The highest BCUT2D eigenvalue weighted by atomic mass is 32.2. The highest BCUT2D eigenvalue weighted by molar-refractivity contribution is 7.88. The van der Waals surface area contributed by atoms with Gasteiger partial charge in [0.25, 0.3) is 5.56 Å². The molecule has 3 aromatic rings. The third-order valence-electron chi connectivity index (χ3n) is 5.21. The Labute approximate surface area is 178 Å². The number of benzene rings is 1. The Balaban J connectivity index is 1.54. The van der Waals surface area contributed by atoms with Crippen molar-refractivity contribution in [2.75, 3.05) is 24.7 Å². The number of halogens is 1. The lowest BCUT2D eigenvalue weighted by molar-refractivity contribution is 0.331. The summed E-state index contributed by atoms with van der Waals surface area (Å²) in [6.07, 6.45) is 4.07. The van der Waals surface area contributed by atoms with E-state index in [0.717, 1.165) is 0 Å². The van der Waals surface area contributed by atoms with Crippen molar-refractivity contribution in [3.05, 3.63) is 52.7 Å². The number of aromatic nitrogens is 3. The topological polar surface area (TPSA) is 106 Å². The van der Waals surface area contributed by atoms with Crippen LogP contribution in [0.1, 0.15) is 12.8 Å². The van der Waals surface area contributed by atoms with Crippen molar-refractivity contribution in [3.8, 4) is 11.5 Å². The third kappa shape index (κ3) is 4.67. The fraction of sp³-hybridized carbons (Fsp3) is 0.350. The van der Waals surface area contributed by atoms with Crippen LogP contribution >= 0.6 is 0 Å². The number of rotatable bonds is 5. The fourth-order valence-corrected chi connectivity index (χ4v) is 4.38. The SMILES string of the molecule is Cn1c(=O)c(Oc2ccc(F)cc2)cc2cnc(NC3CCN(S(C)(=O)=O)CC3)nc21. The van der Waals surface area contributed by atoms with Crippen molar-refractivity contribution < 1.29 is 17.5 Å². The molecule has 0 radical (unpaired) electrons. The maximum absolute atomic E-state index is 13.1. The minimum absolute atomic E-state index is 0.0357. The number of nitrogens with one attached hydrogen (secondary N) is 1. The van der Waals surface area contributed by atoms with Crippen LogP contribution in [0.5, 0.6) is 11.5 Å². The Kier molecular flexibility index (Phi) is 5.63. The Morgan fingerprint density at radius 2 is 1.87 bits per heavy atom. The van der Waals surface area contributed by atoms with Crippen molar-refractivity contribution in [2.24, 2.45) is 7.05 Å². The molecule has 0 spiro atoms. The summed E-state index contributed by atoms with van der Waals surface area (Å²) in [5.41, 5.74) is 0.0467. The van der Waals surface area contributed by atoms with Gasteiger partial charge in [-0.15, -0.1) is 0 Å².